The maximum Gasteiger partial charge on any atom is 0.244 e. The summed E-state index contributed by atoms with van der Waals surface area (Å²) in [7, 11) is -3.45. The molecular formula is C15H21BrClNO2S. The fourth-order valence-corrected chi connectivity index (χ4v) is 5.43. The van der Waals surface area contributed by atoms with E-state index in [9.17, 15) is 8.42 Å². The number of aryl methyl sites for hydroxylation is 1. The Balaban J connectivity index is 2.34. The molecule has 0 saturated carbocycles. The maximum atomic E-state index is 12.9. The summed E-state index contributed by atoms with van der Waals surface area (Å²) in [5, 5.41) is 0. The van der Waals surface area contributed by atoms with Crippen molar-refractivity contribution in [2.45, 2.75) is 43.9 Å². The second kappa shape index (κ2) is 6.99. The highest BCUT2D eigenvalue weighted by Crippen LogP contribution is 2.32. The summed E-state index contributed by atoms with van der Waals surface area (Å²) < 4.78 is 28.0. The lowest BCUT2D eigenvalue weighted by Gasteiger charge is -2.31. The molecule has 1 aromatic rings. The highest BCUT2D eigenvalue weighted by Gasteiger charge is 2.30. The van der Waals surface area contributed by atoms with E-state index < -0.39 is 10.0 Å². The Morgan fingerprint density at radius 1 is 1.33 bits per heavy atom. The second-order valence-corrected chi connectivity index (χ2v) is 8.58. The summed E-state index contributed by atoms with van der Waals surface area (Å²) in [5.41, 5.74) is 1.73. The maximum absolute atomic E-state index is 12.9. The monoisotopic (exact) mass is 393 g/mol. The Bertz CT molecular complexity index is 610. The van der Waals surface area contributed by atoms with Crippen LogP contribution in [0.1, 0.15) is 37.3 Å². The number of nitrogens with zero attached hydrogens (tertiary/aromatic N) is 1. The number of piperidine rings is 1. The molecule has 3 nitrogen and oxygen atoms in total. The molecule has 0 amide bonds. The van der Waals surface area contributed by atoms with Gasteiger partial charge in [0, 0.05) is 23.4 Å². The molecule has 1 saturated heterocycles. The van der Waals surface area contributed by atoms with Crippen LogP contribution in [0.25, 0.3) is 0 Å². The van der Waals surface area contributed by atoms with Gasteiger partial charge in [-0.1, -0.05) is 19.4 Å². The third kappa shape index (κ3) is 3.63. The first-order chi connectivity index (χ1) is 9.90. The molecule has 0 aliphatic carbocycles. The minimum Gasteiger partial charge on any atom is -0.207 e. The normalized spacial score (nSPS) is 18.1. The van der Waals surface area contributed by atoms with E-state index in [2.05, 4.69) is 22.9 Å². The van der Waals surface area contributed by atoms with Gasteiger partial charge in [-0.3, -0.25) is 0 Å². The van der Waals surface area contributed by atoms with E-state index in [0.29, 0.717) is 34.3 Å². The van der Waals surface area contributed by atoms with E-state index in [-0.39, 0.29) is 0 Å². The Kier molecular flexibility index (Phi) is 5.74. The molecule has 0 unspecified atom stereocenters. The molecule has 118 valence electrons. The SMILES string of the molecule is CCC1CCN(S(=O)(=O)c2cc(CCl)cc(C)c2Br)CC1. The van der Waals surface area contributed by atoms with Crippen LogP contribution in [0.15, 0.2) is 21.5 Å². The first kappa shape index (κ1) is 17.3. The van der Waals surface area contributed by atoms with E-state index >= 15 is 0 Å². The summed E-state index contributed by atoms with van der Waals surface area (Å²) >= 11 is 9.30. The van der Waals surface area contributed by atoms with E-state index in [0.717, 1.165) is 30.4 Å². The average molecular weight is 395 g/mol. The molecule has 21 heavy (non-hydrogen) atoms. The van der Waals surface area contributed by atoms with Crippen LogP contribution in [-0.2, 0) is 15.9 Å². The van der Waals surface area contributed by atoms with Gasteiger partial charge in [-0.2, -0.15) is 4.31 Å². The summed E-state index contributed by atoms with van der Waals surface area (Å²) in [5.74, 6) is 0.963. The molecule has 1 aliphatic heterocycles. The minimum absolute atomic E-state index is 0.314. The van der Waals surface area contributed by atoms with E-state index in [1.165, 1.54) is 0 Å². The van der Waals surface area contributed by atoms with Gasteiger partial charge in [0.2, 0.25) is 10.0 Å². The standard InChI is InChI=1S/C15H21BrClNO2S/c1-3-12-4-6-18(7-5-12)21(19,20)14-9-13(10-17)8-11(2)15(14)16/h8-9,12H,3-7,10H2,1-2H3. The molecule has 1 aliphatic rings. The van der Waals surface area contributed by atoms with Gasteiger partial charge >= 0.3 is 0 Å². The van der Waals surface area contributed by atoms with Gasteiger partial charge in [-0.05, 0) is 58.8 Å². The van der Waals surface area contributed by atoms with Gasteiger partial charge in [0.15, 0.2) is 0 Å². The van der Waals surface area contributed by atoms with E-state index in [1.807, 2.05) is 13.0 Å². The predicted molar refractivity (Wildman–Crippen MR) is 90.2 cm³/mol. The molecule has 6 heteroatoms. The van der Waals surface area contributed by atoms with Crippen molar-refractivity contribution in [1.29, 1.82) is 0 Å². The van der Waals surface area contributed by atoms with Crippen molar-refractivity contribution in [1.82, 2.24) is 4.31 Å². The summed E-state index contributed by atoms with van der Waals surface area (Å²) in [6.07, 6.45) is 3.02. The zero-order valence-corrected chi connectivity index (χ0v) is 15.6. The Labute approximate surface area is 140 Å². The molecule has 1 heterocycles. The number of halogens is 2. The van der Waals surface area contributed by atoms with Gasteiger partial charge in [-0.25, -0.2) is 8.42 Å². The van der Waals surface area contributed by atoms with Crippen LogP contribution < -0.4 is 0 Å². The first-order valence-electron chi connectivity index (χ1n) is 7.25. The van der Waals surface area contributed by atoms with Crippen molar-refractivity contribution in [3.8, 4) is 0 Å². The van der Waals surface area contributed by atoms with Crippen LogP contribution in [0.5, 0.6) is 0 Å². The fourth-order valence-electron chi connectivity index (χ4n) is 2.77. The van der Waals surface area contributed by atoms with Gasteiger partial charge in [-0.15, -0.1) is 11.6 Å². The van der Waals surface area contributed by atoms with Crippen molar-refractivity contribution < 1.29 is 8.42 Å². The van der Waals surface area contributed by atoms with Crippen LogP contribution >= 0.6 is 27.5 Å². The molecule has 0 radical (unpaired) electrons. The number of hydrogen-bond acceptors (Lipinski definition) is 2. The van der Waals surface area contributed by atoms with Crippen LogP contribution in [0.3, 0.4) is 0 Å². The second-order valence-electron chi connectivity index (χ2n) is 5.61. The molecule has 0 N–H and O–H groups in total. The molecule has 0 atom stereocenters. The fraction of sp³-hybridized carbons (Fsp3) is 0.600. The first-order valence-corrected chi connectivity index (χ1v) is 10.0. The Morgan fingerprint density at radius 2 is 1.95 bits per heavy atom. The lowest BCUT2D eigenvalue weighted by atomic mass is 9.96. The predicted octanol–water partition coefficient (Wildman–Crippen LogP) is 4.31. The molecule has 0 aromatic heterocycles. The van der Waals surface area contributed by atoms with E-state index in [1.54, 1.807) is 10.4 Å². The van der Waals surface area contributed by atoms with Crippen LogP contribution in [0, 0.1) is 12.8 Å². The van der Waals surface area contributed by atoms with Crippen LogP contribution in [0.2, 0.25) is 0 Å². The molecule has 1 aromatic carbocycles. The van der Waals surface area contributed by atoms with Gasteiger partial charge in [0.1, 0.15) is 0 Å². The Morgan fingerprint density at radius 3 is 2.48 bits per heavy atom. The minimum atomic E-state index is -3.45. The average Bonchev–Trinajstić information content (AvgIpc) is 2.49. The van der Waals surface area contributed by atoms with Crippen LogP contribution in [-0.4, -0.2) is 25.8 Å². The molecular weight excluding hydrogens is 374 g/mol. The quantitative estimate of drug-likeness (QED) is 0.714. The van der Waals surface area contributed by atoms with Crippen molar-refractivity contribution in [2.24, 2.45) is 5.92 Å². The lowest BCUT2D eigenvalue weighted by Crippen LogP contribution is -2.38. The number of benzene rings is 1. The molecule has 0 spiro atoms. The van der Waals surface area contributed by atoms with Crippen LogP contribution in [0.4, 0.5) is 0 Å². The highest BCUT2D eigenvalue weighted by molar-refractivity contribution is 9.10. The summed E-state index contributed by atoms with van der Waals surface area (Å²) in [6, 6.07) is 3.60. The zero-order chi connectivity index (χ0) is 15.6. The molecule has 0 bridgehead atoms. The topological polar surface area (TPSA) is 37.4 Å². The summed E-state index contributed by atoms with van der Waals surface area (Å²) in [4.78, 5) is 0.341. The number of alkyl halides is 1. The molecule has 2 rings (SSSR count). The number of hydrogen-bond donors (Lipinski definition) is 0. The smallest absolute Gasteiger partial charge is 0.207 e. The van der Waals surface area contributed by atoms with Crippen molar-refractivity contribution in [3.63, 3.8) is 0 Å². The summed E-state index contributed by atoms with van der Waals surface area (Å²) in [6.45, 7) is 5.27. The third-order valence-electron chi connectivity index (χ3n) is 4.20. The van der Waals surface area contributed by atoms with Gasteiger partial charge in [0.05, 0.1) is 4.90 Å². The highest BCUT2D eigenvalue weighted by atomic mass is 79.9. The third-order valence-corrected chi connectivity index (χ3v) is 7.75. The van der Waals surface area contributed by atoms with Gasteiger partial charge in [0.25, 0.3) is 0 Å². The largest absolute Gasteiger partial charge is 0.244 e. The Hall–Kier alpha value is -0.100. The lowest BCUT2D eigenvalue weighted by molar-refractivity contribution is 0.269. The number of sulfonamides is 1. The van der Waals surface area contributed by atoms with Crippen molar-refractivity contribution in [3.05, 3.63) is 27.7 Å². The molecule has 1 fully saturated rings. The van der Waals surface area contributed by atoms with Crippen molar-refractivity contribution in [2.75, 3.05) is 13.1 Å². The van der Waals surface area contributed by atoms with Gasteiger partial charge < -0.3 is 0 Å². The van der Waals surface area contributed by atoms with E-state index in [4.69, 9.17) is 11.6 Å². The van der Waals surface area contributed by atoms with Crippen molar-refractivity contribution >= 4 is 37.6 Å². The zero-order valence-electron chi connectivity index (χ0n) is 12.4. The number of rotatable bonds is 4.